The summed E-state index contributed by atoms with van der Waals surface area (Å²) in [5.41, 5.74) is 0. The van der Waals surface area contributed by atoms with Gasteiger partial charge in [0.15, 0.2) is 0 Å². The van der Waals surface area contributed by atoms with E-state index in [0.29, 0.717) is 32.1 Å². The van der Waals surface area contributed by atoms with Gasteiger partial charge in [-0.2, -0.15) is 0 Å². The van der Waals surface area contributed by atoms with E-state index in [9.17, 15) is 14.7 Å². The molecule has 0 aliphatic carbocycles. The number of aliphatic hydroxyl groups excluding tert-OH is 1. The Morgan fingerprint density at radius 2 is 2.17 bits per heavy atom. The SMILES string of the molecule is Cn1ccnc1[C@H](O)C1CCN(C(=O)CN2CCOC2=O)CC1. The third-order valence-electron chi connectivity index (χ3n) is 4.63. The van der Waals surface area contributed by atoms with Crippen molar-refractivity contribution in [3.63, 3.8) is 0 Å². The highest BCUT2D eigenvalue weighted by Crippen LogP contribution is 2.29. The van der Waals surface area contributed by atoms with E-state index in [2.05, 4.69) is 4.98 Å². The van der Waals surface area contributed by atoms with Crippen molar-refractivity contribution in [3.05, 3.63) is 18.2 Å². The van der Waals surface area contributed by atoms with E-state index in [-0.39, 0.29) is 18.4 Å². The number of aromatic nitrogens is 2. The summed E-state index contributed by atoms with van der Waals surface area (Å²) in [5, 5.41) is 10.4. The van der Waals surface area contributed by atoms with Crippen molar-refractivity contribution < 1.29 is 19.4 Å². The second-order valence-corrected chi connectivity index (χ2v) is 6.10. The minimum absolute atomic E-state index is 0.0613. The van der Waals surface area contributed by atoms with Crippen LogP contribution in [-0.2, 0) is 16.6 Å². The summed E-state index contributed by atoms with van der Waals surface area (Å²) in [6.45, 7) is 2.08. The number of carbonyl (C=O) groups is 2. The topological polar surface area (TPSA) is 87.9 Å². The first-order valence-corrected chi connectivity index (χ1v) is 7.91. The van der Waals surface area contributed by atoms with Crippen LogP contribution in [0.3, 0.4) is 0 Å². The molecule has 23 heavy (non-hydrogen) atoms. The summed E-state index contributed by atoms with van der Waals surface area (Å²) < 4.78 is 6.65. The van der Waals surface area contributed by atoms with Crippen molar-refractivity contribution in [2.45, 2.75) is 18.9 Å². The first kappa shape index (κ1) is 15.8. The van der Waals surface area contributed by atoms with E-state index in [0.717, 1.165) is 12.8 Å². The molecule has 1 aromatic rings. The monoisotopic (exact) mass is 322 g/mol. The fourth-order valence-electron chi connectivity index (χ4n) is 3.17. The van der Waals surface area contributed by atoms with Crippen molar-refractivity contribution in [2.75, 3.05) is 32.8 Å². The van der Waals surface area contributed by atoms with Crippen LogP contribution in [0.1, 0.15) is 24.8 Å². The van der Waals surface area contributed by atoms with Crippen molar-refractivity contribution in [2.24, 2.45) is 13.0 Å². The Bertz CT molecular complexity index is 580. The first-order chi connectivity index (χ1) is 11.1. The van der Waals surface area contributed by atoms with Crippen molar-refractivity contribution >= 4 is 12.0 Å². The fourth-order valence-corrected chi connectivity index (χ4v) is 3.17. The molecule has 2 saturated heterocycles. The minimum Gasteiger partial charge on any atom is -0.448 e. The highest BCUT2D eigenvalue weighted by Gasteiger charge is 2.32. The second-order valence-electron chi connectivity index (χ2n) is 6.10. The number of hydrogen-bond acceptors (Lipinski definition) is 5. The maximum absolute atomic E-state index is 12.3. The lowest BCUT2D eigenvalue weighted by Gasteiger charge is -2.34. The zero-order valence-electron chi connectivity index (χ0n) is 13.2. The molecule has 8 nitrogen and oxygen atoms in total. The predicted octanol–water partition coefficient (Wildman–Crippen LogP) is 0.144. The Morgan fingerprint density at radius 3 is 2.74 bits per heavy atom. The molecule has 1 aromatic heterocycles. The van der Waals surface area contributed by atoms with Gasteiger partial charge in [0.2, 0.25) is 5.91 Å². The molecule has 0 unspecified atom stereocenters. The number of rotatable bonds is 4. The maximum Gasteiger partial charge on any atom is 0.410 e. The van der Waals surface area contributed by atoms with Crippen LogP contribution in [-0.4, -0.2) is 69.2 Å². The van der Waals surface area contributed by atoms with Crippen molar-refractivity contribution in [1.29, 1.82) is 0 Å². The van der Waals surface area contributed by atoms with Gasteiger partial charge in [-0.25, -0.2) is 9.78 Å². The van der Waals surface area contributed by atoms with Crippen LogP contribution >= 0.6 is 0 Å². The van der Waals surface area contributed by atoms with E-state index in [4.69, 9.17) is 4.74 Å². The number of cyclic esters (lactones) is 1. The van der Waals surface area contributed by atoms with Gasteiger partial charge in [0.25, 0.3) is 0 Å². The van der Waals surface area contributed by atoms with Crippen molar-refractivity contribution in [1.82, 2.24) is 19.4 Å². The molecular weight excluding hydrogens is 300 g/mol. The summed E-state index contributed by atoms with van der Waals surface area (Å²) in [4.78, 5) is 31.0. The van der Waals surface area contributed by atoms with E-state index >= 15 is 0 Å². The van der Waals surface area contributed by atoms with Crippen LogP contribution in [0.15, 0.2) is 12.4 Å². The normalized spacial score (nSPS) is 20.7. The van der Waals surface area contributed by atoms with Crippen LogP contribution in [0, 0.1) is 5.92 Å². The van der Waals surface area contributed by atoms with Crippen LogP contribution in [0.5, 0.6) is 0 Å². The number of aliphatic hydroxyl groups is 1. The molecule has 1 atom stereocenters. The number of aryl methyl sites for hydroxylation is 1. The summed E-state index contributed by atoms with van der Waals surface area (Å²) in [5.74, 6) is 0.695. The molecule has 8 heteroatoms. The summed E-state index contributed by atoms with van der Waals surface area (Å²) in [6, 6.07) is 0. The van der Waals surface area contributed by atoms with Crippen LogP contribution in [0.4, 0.5) is 4.79 Å². The third kappa shape index (κ3) is 3.31. The number of piperidine rings is 1. The van der Waals surface area contributed by atoms with E-state index in [1.165, 1.54) is 4.90 Å². The Balaban J connectivity index is 1.51. The van der Waals surface area contributed by atoms with Gasteiger partial charge < -0.3 is 19.3 Å². The number of amides is 2. The van der Waals surface area contributed by atoms with Gasteiger partial charge in [-0.15, -0.1) is 0 Å². The van der Waals surface area contributed by atoms with Gasteiger partial charge in [-0.3, -0.25) is 9.69 Å². The molecule has 2 aliphatic rings. The molecule has 2 amide bonds. The molecule has 3 rings (SSSR count). The van der Waals surface area contributed by atoms with Crippen LogP contribution < -0.4 is 0 Å². The molecule has 0 aromatic carbocycles. The van der Waals surface area contributed by atoms with Crippen molar-refractivity contribution in [3.8, 4) is 0 Å². The molecule has 2 fully saturated rings. The molecule has 2 aliphatic heterocycles. The number of ether oxygens (including phenoxy) is 1. The average molecular weight is 322 g/mol. The van der Waals surface area contributed by atoms with Gasteiger partial charge in [0.1, 0.15) is 25.1 Å². The average Bonchev–Trinajstić information content (AvgIpc) is 3.15. The molecule has 1 N–H and O–H groups in total. The van der Waals surface area contributed by atoms with Crippen LogP contribution in [0.25, 0.3) is 0 Å². The summed E-state index contributed by atoms with van der Waals surface area (Å²) >= 11 is 0. The molecule has 0 bridgehead atoms. The Labute approximate surface area is 134 Å². The molecule has 0 radical (unpaired) electrons. The molecule has 0 saturated carbocycles. The number of hydrogen-bond donors (Lipinski definition) is 1. The van der Waals surface area contributed by atoms with Crippen LogP contribution in [0.2, 0.25) is 0 Å². The Kier molecular flexibility index (Phi) is 4.51. The maximum atomic E-state index is 12.3. The molecule has 0 spiro atoms. The molecular formula is C15H22N4O4. The lowest BCUT2D eigenvalue weighted by Crippen LogP contribution is -2.45. The largest absolute Gasteiger partial charge is 0.448 e. The van der Waals surface area contributed by atoms with Gasteiger partial charge in [-0.05, 0) is 18.8 Å². The quantitative estimate of drug-likeness (QED) is 0.852. The number of imidazole rings is 1. The highest BCUT2D eigenvalue weighted by molar-refractivity contribution is 5.82. The smallest absolute Gasteiger partial charge is 0.410 e. The van der Waals surface area contributed by atoms with Gasteiger partial charge in [0.05, 0.1) is 6.54 Å². The lowest BCUT2D eigenvalue weighted by molar-refractivity contribution is -0.133. The number of carbonyl (C=O) groups excluding carboxylic acids is 2. The first-order valence-electron chi connectivity index (χ1n) is 7.91. The standard InChI is InChI=1S/C15H22N4O4/c1-17-7-4-16-14(17)13(21)11-2-5-18(6-3-11)12(20)10-19-8-9-23-15(19)22/h4,7,11,13,21H,2-3,5-6,8-10H2,1H3/t13-/m1/s1. The third-order valence-corrected chi connectivity index (χ3v) is 4.63. The molecule has 126 valence electrons. The van der Waals surface area contributed by atoms with E-state index in [1.54, 1.807) is 11.1 Å². The molecule has 3 heterocycles. The predicted molar refractivity (Wildman–Crippen MR) is 80.4 cm³/mol. The van der Waals surface area contributed by atoms with Gasteiger partial charge >= 0.3 is 6.09 Å². The lowest BCUT2D eigenvalue weighted by atomic mass is 9.90. The number of likely N-dealkylation sites (tertiary alicyclic amines) is 1. The minimum atomic E-state index is -0.610. The van der Waals surface area contributed by atoms with E-state index in [1.807, 2.05) is 17.8 Å². The van der Waals surface area contributed by atoms with E-state index < -0.39 is 12.2 Å². The Hall–Kier alpha value is -2.09. The summed E-state index contributed by atoms with van der Waals surface area (Å²) in [7, 11) is 1.86. The second kappa shape index (κ2) is 6.57. The van der Waals surface area contributed by atoms with Gasteiger partial charge in [-0.1, -0.05) is 0 Å². The Morgan fingerprint density at radius 1 is 1.43 bits per heavy atom. The zero-order valence-corrected chi connectivity index (χ0v) is 13.2. The number of nitrogens with zero attached hydrogens (tertiary/aromatic N) is 4. The van der Waals surface area contributed by atoms with Gasteiger partial charge in [0, 0.05) is 32.5 Å². The zero-order chi connectivity index (χ0) is 16.4. The fraction of sp³-hybridized carbons (Fsp3) is 0.667. The highest BCUT2D eigenvalue weighted by atomic mass is 16.6. The summed E-state index contributed by atoms with van der Waals surface area (Å²) in [6.07, 6.45) is 3.91.